The largest absolute Gasteiger partial charge is 0.507 e. The summed E-state index contributed by atoms with van der Waals surface area (Å²) in [5.41, 5.74) is 0.361. The van der Waals surface area contributed by atoms with Crippen molar-refractivity contribution in [3.63, 3.8) is 0 Å². The third-order valence-corrected chi connectivity index (χ3v) is 4.32. The number of benzene rings is 1. The molecule has 4 heteroatoms. The zero-order chi connectivity index (χ0) is 19.6. The summed E-state index contributed by atoms with van der Waals surface area (Å²) in [5, 5.41) is 10.2. The van der Waals surface area contributed by atoms with Crippen LogP contribution in [0.2, 0.25) is 0 Å². The molecule has 0 aliphatic carbocycles. The summed E-state index contributed by atoms with van der Waals surface area (Å²) in [5.74, 6) is -0.0490. The summed E-state index contributed by atoms with van der Waals surface area (Å²) in [7, 11) is 0. The number of aldehydes is 1. The molecule has 0 unspecified atom stereocenters. The summed E-state index contributed by atoms with van der Waals surface area (Å²) in [6.45, 7) is 9.50. The SMILES string of the molecule is C=CCCCCCCCCC(=O)Oc1cc(C=O)c(O)c(C(C)(C)C)c1. The monoisotopic (exact) mass is 360 g/mol. The summed E-state index contributed by atoms with van der Waals surface area (Å²) >= 11 is 0. The zero-order valence-electron chi connectivity index (χ0n) is 16.3. The van der Waals surface area contributed by atoms with E-state index in [2.05, 4.69) is 6.58 Å². The Kier molecular flexibility index (Phi) is 9.11. The highest BCUT2D eigenvalue weighted by atomic mass is 16.5. The van der Waals surface area contributed by atoms with Crippen LogP contribution in [0.5, 0.6) is 11.5 Å². The first-order valence-electron chi connectivity index (χ1n) is 9.44. The average molecular weight is 360 g/mol. The Hall–Kier alpha value is -2.10. The maximum atomic E-state index is 12.0. The fraction of sp³-hybridized carbons (Fsp3) is 0.545. The third kappa shape index (κ3) is 7.42. The molecule has 0 aliphatic rings. The van der Waals surface area contributed by atoms with Crippen LogP contribution in [0.15, 0.2) is 24.8 Å². The molecule has 0 fully saturated rings. The van der Waals surface area contributed by atoms with Crippen LogP contribution in [0.25, 0.3) is 0 Å². The number of hydrogen-bond donors (Lipinski definition) is 1. The molecule has 144 valence electrons. The lowest BCUT2D eigenvalue weighted by molar-refractivity contribution is -0.134. The van der Waals surface area contributed by atoms with Gasteiger partial charge in [-0.15, -0.1) is 6.58 Å². The number of rotatable bonds is 11. The maximum absolute atomic E-state index is 12.0. The molecular formula is C22H32O4. The molecule has 0 aromatic heterocycles. The Labute approximate surface area is 157 Å². The Morgan fingerprint density at radius 1 is 1.12 bits per heavy atom. The molecule has 0 atom stereocenters. The predicted octanol–water partition coefficient (Wildman–Crippen LogP) is 5.71. The molecule has 0 bridgehead atoms. The van der Waals surface area contributed by atoms with E-state index in [-0.39, 0.29) is 22.7 Å². The molecule has 1 rings (SSSR count). The van der Waals surface area contributed by atoms with Crippen LogP contribution in [0.1, 0.15) is 88.1 Å². The number of carbonyl (C=O) groups excluding carboxylic acids is 2. The van der Waals surface area contributed by atoms with Gasteiger partial charge in [0.1, 0.15) is 11.5 Å². The number of carbonyl (C=O) groups is 2. The highest BCUT2D eigenvalue weighted by molar-refractivity contribution is 5.82. The molecule has 0 saturated carbocycles. The number of phenolic OH excluding ortho intramolecular Hbond substituents is 1. The van der Waals surface area contributed by atoms with E-state index in [0.29, 0.717) is 24.0 Å². The zero-order valence-corrected chi connectivity index (χ0v) is 16.3. The average Bonchev–Trinajstić information content (AvgIpc) is 2.57. The quantitative estimate of drug-likeness (QED) is 0.180. The lowest BCUT2D eigenvalue weighted by Crippen LogP contribution is -2.14. The summed E-state index contributed by atoms with van der Waals surface area (Å²) in [6.07, 6.45) is 10.4. The van der Waals surface area contributed by atoms with E-state index in [1.807, 2.05) is 26.8 Å². The fourth-order valence-corrected chi connectivity index (χ4v) is 2.80. The molecule has 4 nitrogen and oxygen atoms in total. The fourth-order valence-electron chi connectivity index (χ4n) is 2.80. The van der Waals surface area contributed by atoms with Gasteiger partial charge in [0.15, 0.2) is 6.29 Å². The van der Waals surface area contributed by atoms with Gasteiger partial charge in [-0.25, -0.2) is 0 Å². The Balaban J connectivity index is 2.51. The molecule has 0 radical (unpaired) electrons. The van der Waals surface area contributed by atoms with Crippen LogP contribution < -0.4 is 4.74 Å². The number of aromatic hydroxyl groups is 1. The van der Waals surface area contributed by atoms with Crippen LogP contribution >= 0.6 is 0 Å². The van der Waals surface area contributed by atoms with Crippen LogP contribution in [0, 0.1) is 0 Å². The third-order valence-electron chi connectivity index (χ3n) is 4.32. The van der Waals surface area contributed by atoms with Crippen molar-refractivity contribution in [1.82, 2.24) is 0 Å². The molecule has 1 N–H and O–H groups in total. The smallest absolute Gasteiger partial charge is 0.311 e. The van der Waals surface area contributed by atoms with E-state index in [0.717, 1.165) is 25.7 Å². The van der Waals surface area contributed by atoms with Crippen LogP contribution in [-0.2, 0) is 10.2 Å². The van der Waals surface area contributed by atoms with Crippen molar-refractivity contribution in [2.75, 3.05) is 0 Å². The van der Waals surface area contributed by atoms with Crippen molar-refractivity contribution in [3.05, 3.63) is 35.9 Å². The lowest BCUT2D eigenvalue weighted by Gasteiger charge is -2.22. The highest BCUT2D eigenvalue weighted by Gasteiger charge is 2.22. The minimum Gasteiger partial charge on any atom is -0.507 e. The number of ether oxygens (including phenoxy) is 1. The summed E-state index contributed by atoms with van der Waals surface area (Å²) in [6, 6.07) is 3.05. The first-order chi connectivity index (χ1) is 12.3. The first-order valence-corrected chi connectivity index (χ1v) is 9.44. The van der Waals surface area contributed by atoms with Gasteiger partial charge in [0, 0.05) is 12.0 Å². The van der Waals surface area contributed by atoms with Crippen molar-refractivity contribution in [1.29, 1.82) is 0 Å². The van der Waals surface area contributed by atoms with Crippen molar-refractivity contribution >= 4 is 12.3 Å². The second kappa shape index (κ2) is 10.8. The minimum absolute atomic E-state index is 0.0521. The normalized spacial score (nSPS) is 11.2. The van der Waals surface area contributed by atoms with E-state index in [9.17, 15) is 14.7 Å². The van der Waals surface area contributed by atoms with Crippen molar-refractivity contribution in [3.8, 4) is 11.5 Å². The second-order valence-electron chi connectivity index (χ2n) is 7.70. The molecule has 0 spiro atoms. The van der Waals surface area contributed by atoms with E-state index >= 15 is 0 Å². The van der Waals surface area contributed by atoms with Gasteiger partial charge in [0.05, 0.1) is 5.56 Å². The molecule has 26 heavy (non-hydrogen) atoms. The van der Waals surface area contributed by atoms with Gasteiger partial charge >= 0.3 is 5.97 Å². The molecular weight excluding hydrogens is 328 g/mol. The second-order valence-corrected chi connectivity index (χ2v) is 7.70. The van der Waals surface area contributed by atoms with Crippen molar-refractivity contribution in [2.24, 2.45) is 0 Å². The van der Waals surface area contributed by atoms with Crippen LogP contribution in [0.4, 0.5) is 0 Å². The number of allylic oxidation sites excluding steroid dienone is 1. The van der Waals surface area contributed by atoms with Gasteiger partial charge in [0.25, 0.3) is 0 Å². The number of hydrogen-bond acceptors (Lipinski definition) is 4. The maximum Gasteiger partial charge on any atom is 0.311 e. The minimum atomic E-state index is -0.365. The van der Waals surface area contributed by atoms with Crippen LogP contribution in [0.3, 0.4) is 0 Å². The first kappa shape index (κ1) is 21.9. The number of phenols is 1. The molecule has 1 aromatic carbocycles. The number of esters is 1. The Bertz CT molecular complexity index is 611. The van der Waals surface area contributed by atoms with E-state index in [1.54, 1.807) is 6.07 Å². The molecule has 0 saturated heterocycles. The van der Waals surface area contributed by atoms with E-state index in [4.69, 9.17) is 4.74 Å². The molecule has 0 heterocycles. The van der Waals surface area contributed by atoms with Crippen molar-refractivity contribution in [2.45, 2.75) is 77.6 Å². The van der Waals surface area contributed by atoms with Gasteiger partial charge in [-0.05, 0) is 36.8 Å². The Morgan fingerprint density at radius 3 is 2.31 bits per heavy atom. The van der Waals surface area contributed by atoms with Gasteiger partial charge in [-0.3, -0.25) is 9.59 Å². The molecule has 0 aliphatic heterocycles. The van der Waals surface area contributed by atoms with E-state index < -0.39 is 0 Å². The molecule has 0 amide bonds. The lowest BCUT2D eigenvalue weighted by atomic mass is 9.85. The topological polar surface area (TPSA) is 63.6 Å². The van der Waals surface area contributed by atoms with Gasteiger partial charge in [-0.1, -0.05) is 52.5 Å². The van der Waals surface area contributed by atoms with Crippen LogP contribution in [-0.4, -0.2) is 17.4 Å². The van der Waals surface area contributed by atoms with Gasteiger partial charge in [-0.2, -0.15) is 0 Å². The van der Waals surface area contributed by atoms with Gasteiger partial charge in [0.2, 0.25) is 0 Å². The standard InChI is InChI=1S/C22H32O4/c1-5-6-7-8-9-10-11-12-13-20(24)26-18-14-17(16-23)21(25)19(15-18)22(2,3)4/h5,14-16,25H,1,6-13H2,2-4H3. The van der Waals surface area contributed by atoms with E-state index in [1.165, 1.54) is 25.3 Å². The predicted molar refractivity (Wildman–Crippen MR) is 105 cm³/mol. The summed E-state index contributed by atoms with van der Waals surface area (Å²) < 4.78 is 5.39. The molecule has 1 aromatic rings. The summed E-state index contributed by atoms with van der Waals surface area (Å²) in [4.78, 5) is 23.2. The number of unbranched alkanes of at least 4 members (excludes halogenated alkanes) is 6. The van der Waals surface area contributed by atoms with Crippen molar-refractivity contribution < 1.29 is 19.4 Å². The highest BCUT2D eigenvalue weighted by Crippen LogP contribution is 2.36. The Morgan fingerprint density at radius 2 is 1.73 bits per heavy atom. The van der Waals surface area contributed by atoms with Gasteiger partial charge < -0.3 is 9.84 Å².